The Morgan fingerprint density at radius 1 is 0.711 bits per heavy atom. The van der Waals surface area contributed by atoms with Gasteiger partial charge in [-0.15, -0.1) is 0 Å². The van der Waals surface area contributed by atoms with E-state index >= 15 is 0 Å². The maximum absolute atomic E-state index is 12.9. The van der Waals surface area contributed by atoms with E-state index in [2.05, 4.69) is 12.2 Å². The molecule has 3 aromatic carbocycles. The smallest absolute Gasteiger partial charge is 0.348 e. The van der Waals surface area contributed by atoms with Crippen molar-refractivity contribution in [1.29, 1.82) is 0 Å². The van der Waals surface area contributed by atoms with E-state index in [0.29, 0.717) is 6.54 Å². The van der Waals surface area contributed by atoms with Gasteiger partial charge in [0.1, 0.15) is 5.60 Å². The van der Waals surface area contributed by atoms with E-state index < -0.39 is 29.3 Å². The molecule has 6 nitrogen and oxygen atoms in total. The van der Waals surface area contributed by atoms with Gasteiger partial charge in [-0.2, -0.15) is 0 Å². The topological polar surface area (TPSA) is 84.9 Å². The zero-order valence-electron chi connectivity index (χ0n) is 26.7. The van der Waals surface area contributed by atoms with Gasteiger partial charge in [0.05, 0.1) is 6.61 Å². The maximum atomic E-state index is 12.9. The number of benzene rings is 3. The second-order valence-corrected chi connectivity index (χ2v) is 11.9. The Balaban J connectivity index is 1.32. The molecule has 6 heteroatoms. The second kappa shape index (κ2) is 18.2. The summed E-state index contributed by atoms with van der Waals surface area (Å²) in [6.07, 6.45) is 13.7. The SMILES string of the molecule is CCCCCCCCCCCCCCNC(=O)C1=C(O)[C@@H](COC(c2ccccc2)(c2ccccc2)c2ccccc2)OC1=O. The van der Waals surface area contributed by atoms with Crippen LogP contribution in [0.2, 0.25) is 0 Å². The number of amides is 1. The highest BCUT2D eigenvalue weighted by Crippen LogP contribution is 2.41. The summed E-state index contributed by atoms with van der Waals surface area (Å²) in [5, 5.41) is 13.8. The Morgan fingerprint density at radius 3 is 1.58 bits per heavy atom. The summed E-state index contributed by atoms with van der Waals surface area (Å²) in [5.74, 6) is -1.84. The molecule has 0 unspecified atom stereocenters. The van der Waals surface area contributed by atoms with Crippen molar-refractivity contribution in [2.45, 2.75) is 95.7 Å². The van der Waals surface area contributed by atoms with Gasteiger partial charge in [-0.05, 0) is 23.1 Å². The first kappa shape index (κ1) is 34.0. The highest BCUT2D eigenvalue weighted by Gasteiger charge is 2.43. The number of hydrogen-bond donors (Lipinski definition) is 2. The van der Waals surface area contributed by atoms with E-state index in [0.717, 1.165) is 36.0 Å². The van der Waals surface area contributed by atoms with Crippen LogP contribution in [-0.2, 0) is 24.7 Å². The molecule has 3 aromatic rings. The molecule has 0 fully saturated rings. The number of hydrogen-bond acceptors (Lipinski definition) is 5. The van der Waals surface area contributed by atoms with Crippen molar-refractivity contribution < 1.29 is 24.2 Å². The van der Waals surface area contributed by atoms with E-state index in [4.69, 9.17) is 9.47 Å². The molecule has 0 radical (unpaired) electrons. The number of nitrogens with one attached hydrogen (secondary N) is 1. The van der Waals surface area contributed by atoms with Crippen molar-refractivity contribution in [3.05, 3.63) is 119 Å². The standard InChI is InChI=1S/C39H49NO5/c1-2-3-4-5-6-7-8-9-10-11-12-22-29-40-37(42)35-36(41)34(45-38(35)43)30-44-39(31-23-16-13-17-24-31,32-25-18-14-19-26-32)33-27-20-15-21-28-33/h13-21,23-28,34,41H,2-12,22,29-30H2,1H3,(H,40,42)/t34-/m1/s1. The molecular formula is C39H49NO5. The number of esters is 1. The third kappa shape index (κ3) is 9.30. The number of cyclic esters (lactones) is 1. The molecule has 0 aromatic heterocycles. The van der Waals surface area contributed by atoms with E-state index in [-0.39, 0.29) is 12.2 Å². The van der Waals surface area contributed by atoms with Crippen LogP contribution in [0, 0.1) is 0 Å². The average Bonchev–Trinajstić information content (AvgIpc) is 3.37. The van der Waals surface area contributed by atoms with Crippen LogP contribution < -0.4 is 5.32 Å². The fourth-order valence-electron chi connectivity index (χ4n) is 6.06. The molecule has 0 saturated carbocycles. The van der Waals surface area contributed by atoms with Crippen molar-refractivity contribution in [2.24, 2.45) is 0 Å². The molecule has 4 rings (SSSR count). The predicted octanol–water partition coefficient (Wildman–Crippen LogP) is 8.55. The van der Waals surface area contributed by atoms with Crippen molar-refractivity contribution in [3.63, 3.8) is 0 Å². The average molecular weight is 612 g/mol. The maximum Gasteiger partial charge on any atom is 0.348 e. The summed E-state index contributed by atoms with van der Waals surface area (Å²) in [7, 11) is 0. The molecule has 0 spiro atoms. The zero-order chi connectivity index (χ0) is 31.7. The van der Waals surface area contributed by atoms with Crippen molar-refractivity contribution in [1.82, 2.24) is 5.32 Å². The molecule has 2 N–H and O–H groups in total. The Bertz CT molecular complexity index is 1240. The minimum atomic E-state index is -1.10. The largest absolute Gasteiger partial charge is 0.507 e. The van der Waals surface area contributed by atoms with Gasteiger partial charge in [0.25, 0.3) is 5.91 Å². The highest BCUT2D eigenvalue weighted by molar-refractivity contribution is 6.18. The third-order valence-electron chi connectivity index (χ3n) is 8.55. The minimum Gasteiger partial charge on any atom is -0.507 e. The first-order valence-electron chi connectivity index (χ1n) is 16.8. The first-order chi connectivity index (χ1) is 22.1. The second-order valence-electron chi connectivity index (χ2n) is 11.9. The lowest BCUT2D eigenvalue weighted by atomic mass is 9.80. The lowest BCUT2D eigenvalue weighted by Crippen LogP contribution is -2.36. The Morgan fingerprint density at radius 2 is 1.13 bits per heavy atom. The number of carbonyl (C=O) groups excluding carboxylic acids is 2. The molecule has 1 heterocycles. The van der Waals surface area contributed by atoms with Crippen molar-refractivity contribution >= 4 is 11.9 Å². The molecule has 1 aliphatic rings. The predicted molar refractivity (Wildman–Crippen MR) is 179 cm³/mol. The van der Waals surface area contributed by atoms with Gasteiger partial charge < -0.3 is 19.9 Å². The van der Waals surface area contributed by atoms with Crippen LogP contribution in [0.3, 0.4) is 0 Å². The number of rotatable bonds is 20. The van der Waals surface area contributed by atoms with Crippen molar-refractivity contribution in [2.75, 3.05) is 13.2 Å². The number of unbranched alkanes of at least 4 members (excludes halogenated alkanes) is 11. The number of carbonyl (C=O) groups is 2. The quantitative estimate of drug-likeness (QED) is 0.0579. The van der Waals surface area contributed by atoms with Gasteiger partial charge in [-0.3, -0.25) is 4.79 Å². The van der Waals surface area contributed by atoms with E-state index in [1.54, 1.807) is 0 Å². The van der Waals surface area contributed by atoms with E-state index in [1.165, 1.54) is 57.8 Å². The lowest BCUT2D eigenvalue weighted by Gasteiger charge is -2.36. The van der Waals surface area contributed by atoms with Crippen LogP contribution >= 0.6 is 0 Å². The van der Waals surface area contributed by atoms with Gasteiger partial charge >= 0.3 is 5.97 Å². The summed E-state index contributed by atoms with van der Waals surface area (Å²) in [5.41, 5.74) is 1.27. The fourth-order valence-corrected chi connectivity index (χ4v) is 6.06. The Labute approximate surface area is 268 Å². The molecule has 0 aliphatic carbocycles. The van der Waals surface area contributed by atoms with E-state index in [9.17, 15) is 14.7 Å². The van der Waals surface area contributed by atoms with Gasteiger partial charge in [0.2, 0.25) is 0 Å². The van der Waals surface area contributed by atoms with E-state index in [1.807, 2.05) is 91.0 Å². The lowest BCUT2D eigenvalue weighted by molar-refractivity contribution is -0.145. The number of aliphatic hydroxyl groups excluding tert-OH is 1. The molecule has 0 bridgehead atoms. The molecule has 1 atom stereocenters. The molecule has 1 aliphatic heterocycles. The van der Waals surface area contributed by atoms with Crippen LogP contribution in [-0.4, -0.2) is 36.2 Å². The summed E-state index contributed by atoms with van der Waals surface area (Å²) in [6.45, 7) is 2.55. The van der Waals surface area contributed by atoms with Gasteiger partial charge in [-0.1, -0.05) is 169 Å². The monoisotopic (exact) mass is 611 g/mol. The van der Waals surface area contributed by atoms with Crippen LogP contribution in [0.1, 0.15) is 101 Å². The summed E-state index contributed by atoms with van der Waals surface area (Å²) < 4.78 is 12.2. The first-order valence-corrected chi connectivity index (χ1v) is 16.8. The fraction of sp³-hybridized carbons (Fsp3) is 0.436. The summed E-state index contributed by atoms with van der Waals surface area (Å²) in [4.78, 5) is 25.7. The number of ether oxygens (including phenoxy) is 2. The molecule has 45 heavy (non-hydrogen) atoms. The third-order valence-corrected chi connectivity index (χ3v) is 8.55. The van der Waals surface area contributed by atoms with Gasteiger partial charge in [0.15, 0.2) is 17.4 Å². The Hall–Kier alpha value is -3.90. The van der Waals surface area contributed by atoms with Crippen LogP contribution in [0.4, 0.5) is 0 Å². The minimum absolute atomic E-state index is 0.147. The number of aliphatic hydroxyl groups is 1. The highest BCUT2D eigenvalue weighted by atomic mass is 16.6. The summed E-state index contributed by atoms with van der Waals surface area (Å²) >= 11 is 0. The molecular weight excluding hydrogens is 562 g/mol. The Kier molecular flexibility index (Phi) is 13.7. The normalized spacial score (nSPS) is 14.9. The van der Waals surface area contributed by atoms with Crippen LogP contribution in [0.25, 0.3) is 0 Å². The zero-order valence-corrected chi connectivity index (χ0v) is 26.7. The molecule has 1 amide bonds. The van der Waals surface area contributed by atoms with Gasteiger partial charge in [-0.25, -0.2) is 4.79 Å². The molecule has 240 valence electrons. The summed E-state index contributed by atoms with van der Waals surface area (Å²) in [6, 6.07) is 29.5. The van der Waals surface area contributed by atoms with Crippen LogP contribution in [0.5, 0.6) is 0 Å². The van der Waals surface area contributed by atoms with Gasteiger partial charge in [0, 0.05) is 6.54 Å². The van der Waals surface area contributed by atoms with Crippen molar-refractivity contribution in [3.8, 4) is 0 Å². The molecule has 0 saturated heterocycles. The van der Waals surface area contributed by atoms with Crippen LogP contribution in [0.15, 0.2) is 102 Å².